The first-order valence-corrected chi connectivity index (χ1v) is 8.04. The summed E-state index contributed by atoms with van der Waals surface area (Å²) in [6.45, 7) is 6.93. The van der Waals surface area contributed by atoms with Gasteiger partial charge in [0.25, 0.3) is 0 Å². The van der Waals surface area contributed by atoms with Crippen LogP contribution in [-0.4, -0.2) is 22.9 Å². The molecule has 0 saturated heterocycles. The zero-order valence-electron chi connectivity index (χ0n) is 12.6. The van der Waals surface area contributed by atoms with Gasteiger partial charge in [0.05, 0.1) is 29.6 Å². The first-order chi connectivity index (χ1) is 9.67. The number of aromatic nitrogens is 2. The zero-order chi connectivity index (χ0) is 14.5. The SMILES string of the molecule is CCn1nc(C)c(Cl)c1COCC1CCCCC1CN. The molecule has 1 fully saturated rings. The summed E-state index contributed by atoms with van der Waals surface area (Å²) in [4.78, 5) is 0. The Kier molecular flexibility index (Phi) is 5.87. The van der Waals surface area contributed by atoms with Crippen molar-refractivity contribution in [2.75, 3.05) is 13.2 Å². The molecule has 1 aromatic rings. The molecule has 4 nitrogen and oxygen atoms in total. The molecule has 2 rings (SSSR count). The van der Waals surface area contributed by atoms with Gasteiger partial charge in [0, 0.05) is 6.54 Å². The lowest BCUT2D eigenvalue weighted by molar-refractivity contribution is 0.0480. The van der Waals surface area contributed by atoms with Crippen LogP contribution in [0.4, 0.5) is 0 Å². The van der Waals surface area contributed by atoms with Gasteiger partial charge < -0.3 is 10.5 Å². The van der Waals surface area contributed by atoms with Gasteiger partial charge in [-0.05, 0) is 45.1 Å². The van der Waals surface area contributed by atoms with E-state index >= 15 is 0 Å². The van der Waals surface area contributed by atoms with Crippen molar-refractivity contribution in [3.8, 4) is 0 Å². The van der Waals surface area contributed by atoms with E-state index in [-0.39, 0.29) is 0 Å². The van der Waals surface area contributed by atoms with Crippen LogP contribution < -0.4 is 5.73 Å². The predicted molar refractivity (Wildman–Crippen MR) is 81.8 cm³/mol. The van der Waals surface area contributed by atoms with Gasteiger partial charge in [-0.15, -0.1) is 0 Å². The Hall–Kier alpha value is -0.580. The average molecular weight is 300 g/mol. The summed E-state index contributed by atoms with van der Waals surface area (Å²) in [5.74, 6) is 1.23. The highest BCUT2D eigenvalue weighted by Gasteiger charge is 2.24. The maximum absolute atomic E-state index is 6.29. The van der Waals surface area contributed by atoms with Crippen molar-refractivity contribution in [1.29, 1.82) is 0 Å². The Morgan fingerprint density at radius 3 is 2.70 bits per heavy atom. The van der Waals surface area contributed by atoms with Crippen LogP contribution in [0.3, 0.4) is 0 Å². The Labute approximate surface area is 126 Å². The standard InChI is InChI=1S/C15H26ClN3O/c1-3-19-14(15(16)11(2)18-19)10-20-9-13-7-5-4-6-12(13)8-17/h12-13H,3-10,17H2,1-2H3. The summed E-state index contributed by atoms with van der Waals surface area (Å²) in [6.07, 6.45) is 5.10. The molecule has 1 aliphatic rings. The highest BCUT2D eigenvalue weighted by molar-refractivity contribution is 6.31. The van der Waals surface area contributed by atoms with Crippen molar-refractivity contribution >= 4 is 11.6 Å². The molecule has 5 heteroatoms. The molecule has 0 spiro atoms. The average Bonchev–Trinajstić information content (AvgIpc) is 2.75. The number of aryl methyl sites for hydroxylation is 2. The van der Waals surface area contributed by atoms with E-state index in [4.69, 9.17) is 22.1 Å². The van der Waals surface area contributed by atoms with Crippen LogP contribution in [-0.2, 0) is 17.9 Å². The van der Waals surface area contributed by atoms with Crippen molar-refractivity contribution in [3.05, 3.63) is 16.4 Å². The number of ether oxygens (including phenoxy) is 1. The molecule has 114 valence electrons. The van der Waals surface area contributed by atoms with Crippen molar-refractivity contribution in [2.45, 2.75) is 52.7 Å². The van der Waals surface area contributed by atoms with Gasteiger partial charge >= 0.3 is 0 Å². The number of nitrogens with zero attached hydrogens (tertiary/aromatic N) is 2. The van der Waals surface area contributed by atoms with E-state index in [2.05, 4.69) is 12.0 Å². The minimum Gasteiger partial charge on any atom is -0.375 e. The van der Waals surface area contributed by atoms with Crippen LogP contribution in [0.15, 0.2) is 0 Å². The molecule has 2 N–H and O–H groups in total. The lowest BCUT2D eigenvalue weighted by Crippen LogP contribution is -2.29. The van der Waals surface area contributed by atoms with Crippen LogP contribution in [0.5, 0.6) is 0 Å². The molecule has 0 radical (unpaired) electrons. The van der Waals surface area contributed by atoms with Crippen LogP contribution in [0, 0.1) is 18.8 Å². The smallest absolute Gasteiger partial charge is 0.0900 e. The van der Waals surface area contributed by atoms with Gasteiger partial charge in [0.2, 0.25) is 0 Å². The molecule has 0 aliphatic heterocycles. The molecule has 1 aromatic heterocycles. The highest BCUT2D eigenvalue weighted by atomic mass is 35.5. The minimum absolute atomic E-state index is 0.543. The lowest BCUT2D eigenvalue weighted by atomic mass is 9.80. The van der Waals surface area contributed by atoms with Gasteiger partial charge in [0.15, 0.2) is 0 Å². The van der Waals surface area contributed by atoms with E-state index in [0.29, 0.717) is 18.4 Å². The normalized spacial score (nSPS) is 23.2. The maximum Gasteiger partial charge on any atom is 0.0900 e. The van der Waals surface area contributed by atoms with Crippen molar-refractivity contribution < 1.29 is 4.74 Å². The molecule has 0 bridgehead atoms. The number of halogens is 1. The van der Waals surface area contributed by atoms with Crippen molar-refractivity contribution in [3.63, 3.8) is 0 Å². The molecular formula is C15H26ClN3O. The van der Waals surface area contributed by atoms with Crippen LogP contribution >= 0.6 is 11.6 Å². The van der Waals surface area contributed by atoms with E-state index in [1.54, 1.807) is 0 Å². The summed E-state index contributed by atoms with van der Waals surface area (Å²) in [5, 5.41) is 5.15. The second kappa shape index (κ2) is 7.43. The Morgan fingerprint density at radius 1 is 1.35 bits per heavy atom. The minimum atomic E-state index is 0.543. The summed E-state index contributed by atoms with van der Waals surface area (Å²) in [6, 6.07) is 0. The third-order valence-electron chi connectivity index (χ3n) is 4.39. The predicted octanol–water partition coefficient (Wildman–Crippen LogP) is 3.15. The van der Waals surface area contributed by atoms with Gasteiger partial charge in [-0.2, -0.15) is 5.10 Å². The van der Waals surface area contributed by atoms with Gasteiger partial charge in [-0.1, -0.05) is 24.4 Å². The Balaban J connectivity index is 1.89. The second-order valence-electron chi connectivity index (χ2n) is 5.72. The number of hydrogen-bond donors (Lipinski definition) is 1. The van der Waals surface area contributed by atoms with E-state index in [9.17, 15) is 0 Å². The van der Waals surface area contributed by atoms with E-state index in [0.717, 1.165) is 36.1 Å². The van der Waals surface area contributed by atoms with Crippen LogP contribution in [0.1, 0.15) is 44.0 Å². The van der Waals surface area contributed by atoms with E-state index in [1.807, 2.05) is 11.6 Å². The number of hydrogen-bond acceptors (Lipinski definition) is 3. The van der Waals surface area contributed by atoms with Crippen LogP contribution in [0.25, 0.3) is 0 Å². The fourth-order valence-electron chi connectivity index (χ4n) is 3.13. The Morgan fingerprint density at radius 2 is 2.05 bits per heavy atom. The molecule has 2 unspecified atom stereocenters. The molecule has 2 atom stereocenters. The van der Waals surface area contributed by atoms with Gasteiger partial charge in [-0.3, -0.25) is 4.68 Å². The third-order valence-corrected chi connectivity index (χ3v) is 4.88. The molecule has 0 amide bonds. The van der Waals surface area contributed by atoms with E-state index < -0.39 is 0 Å². The third kappa shape index (κ3) is 3.54. The summed E-state index contributed by atoms with van der Waals surface area (Å²) in [7, 11) is 0. The molecule has 1 saturated carbocycles. The molecule has 0 aromatic carbocycles. The lowest BCUT2D eigenvalue weighted by Gasteiger charge is -2.30. The first-order valence-electron chi connectivity index (χ1n) is 7.67. The monoisotopic (exact) mass is 299 g/mol. The highest BCUT2D eigenvalue weighted by Crippen LogP contribution is 2.30. The van der Waals surface area contributed by atoms with Crippen molar-refractivity contribution in [2.24, 2.45) is 17.6 Å². The number of rotatable bonds is 6. The molecule has 1 heterocycles. The maximum atomic E-state index is 6.29. The number of nitrogens with two attached hydrogens (primary N) is 1. The van der Waals surface area contributed by atoms with Crippen molar-refractivity contribution in [1.82, 2.24) is 9.78 Å². The Bertz CT molecular complexity index is 433. The fraction of sp³-hybridized carbons (Fsp3) is 0.800. The van der Waals surface area contributed by atoms with E-state index in [1.165, 1.54) is 25.7 Å². The fourth-order valence-corrected chi connectivity index (χ4v) is 3.32. The molecule has 1 aliphatic carbocycles. The molecule has 20 heavy (non-hydrogen) atoms. The second-order valence-corrected chi connectivity index (χ2v) is 6.10. The largest absolute Gasteiger partial charge is 0.375 e. The quantitative estimate of drug-likeness (QED) is 0.878. The summed E-state index contributed by atoms with van der Waals surface area (Å²) in [5.41, 5.74) is 7.73. The summed E-state index contributed by atoms with van der Waals surface area (Å²) >= 11 is 6.29. The van der Waals surface area contributed by atoms with Gasteiger partial charge in [0.1, 0.15) is 0 Å². The summed E-state index contributed by atoms with van der Waals surface area (Å²) < 4.78 is 7.86. The topological polar surface area (TPSA) is 53.1 Å². The first kappa shape index (κ1) is 15.8. The zero-order valence-corrected chi connectivity index (χ0v) is 13.3. The van der Waals surface area contributed by atoms with Crippen LogP contribution in [0.2, 0.25) is 5.02 Å². The molecular weight excluding hydrogens is 274 g/mol. The van der Waals surface area contributed by atoms with Gasteiger partial charge in [-0.25, -0.2) is 0 Å².